The maximum atomic E-state index is 14.6. The van der Waals surface area contributed by atoms with Gasteiger partial charge in [-0.1, -0.05) is 18.2 Å². The van der Waals surface area contributed by atoms with Gasteiger partial charge in [0.2, 0.25) is 11.8 Å². The lowest BCUT2D eigenvalue weighted by Gasteiger charge is -2.27. The molecule has 2 unspecified atom stereocenters. The summed E-state index contributed by atoms with van der Waals surface area (Å²) < 4.78 is 25.6. The molecule has 2 amide bonds. The van der Waals surface area contributed by atoms with Crippen LogP contribution >= 0.6 is 0 Å². The minimum Gasteiger partial charge on any atom is -0.490 e. The molecule has 8 heteroatoms. The third-order valence-corrected chi connectivity index (χ3v) is 6.68. The highest BCUT2D eigenvalue weighted by molar-refractivity contribution is 5.82. The van der Waals surface area contributed by atoms with E-state index >= 15 is 0 Å². The molecule has 0 radical (unpaired) electrons. The van der Waals surface area contributed by atoms with Gasteiger partial charge in [-0.05, 0) is 55.2 Å². The molecule has 1 aromatic carbocycles. The third kappa shape index (κ3) is 6.59. The molecule has 3 aliphatic rings. The lowest BCUT2D eigenvalue weighted by atomic mass is 9.86. The average molecular weight is 472 g/mol. The number of nitrogens with zero attached hydrogens (tertiary/aromatic N) is 1. The van der Waals surface area contributed by atoms with Crippen molar-refractivity contribution in [2.75, 3.05) is 46.0 Å². The van der Waals surface area contributed by atoms with E-state index in [0.29, 0.717) is 71.1 Å². The van der Waals surface area contributed by atoms with Crippen molar-refractivity contribution in [2.24, 2.45) is 11.8 Å². The Kier molecular flexibility index (Phi) is 8.57. The van der Waals surface area contributed by atoms with Crippen LogP contribution in [-0.4, -0.2) is 62.7 Å². The zero-order chi connectivity index (χ0) is 23.8. The summed E-state index contributed by atoms with van der Waals surface area (Å²) >= 11 is 0. The van der Waals surface area contributed by atoms with Gasteiger partial charge < -0.3 is 25.0 Å². The maximum absolute atomic E-state index is 14.6. The van der Waals surface area contributed by atoms with E-state index in [9.17, 15) is 14.0 Å². The predicted molar refractivity (Wildman–Crippen MR) is 127 cm³/mol. The largest absolute Gasteiger partial charge is 0.490 e. The van der Waals surface area contributed by atoms with Crippen molar-refractivity contribution in [2.45, 2.75) is 32.1 Å². The molecule has 1 aliphatic carbocycles. The van der Waals surface area contributed by atoms with Crippen LogP contribution in [0.15, 0.2) is 36.6 Å². The summed E-state index contributed by atoms with van der Waals surface area (Å²) in [6, 6.07) is 5.11. The molecule has 1 fully saturated rings. The number of morpholine rings is 1. The second-order valence-corrected chi connectivity index (χ2v) is 9.05. The molecular formula is C26H34FN3O4. The van der Waals surface area contributed by atoms with Crippen LogP contribution < -0.4 is 15.4 Å². The number of benzene rings is 1. The number of allylic oxidation sites excluding steroid dienone is 2. The van der Waals surface area contributed by atoms with Crippen molar-refractivity contribution in [3.63, 3.8) is 0 Å². The fraction of sp³-hybridized carbons (Fsp3) is 0.538. The van der Waals surface area contributed by atoms with Gasteiger partial charge in [0.05, 0.1) is 19.8 Å². The maximum Gasteiger partial charge on any atom is 0.224 e. The van der Waals surface area contributed by atoms with Crippen LogP contribution in [0.4, 0.5) is 4.39 Å². The van der Waals surface area contributed by atoms with E-state index in [1.54, 1.807) is 11.0 Å². The molecule has 184 valence electrons. The topological polar surface area (TPSA) is 79.9 Å². The first-order valence-corrected chi connectivity index (χ1v) is 12.2. The molecule has 2 N–H and O–H groups in total. The van der Waals surface area contributed by atoms with E-state index in [1.165, 1.54) is 6.07 Å². The van der Waals surface area contributed by atoms with Crippen LogP contribution in [0.25, 0.3) is 5.57 Å². The van der Waals surface area contributed by atoms with Crippen molar-refractivity contribution >= 4 is 17.4 Å². The second-order valence-electron chi connectivity index (χ2n) is 9.05. The fourth-order valence-corrected chi connectivity index (χ4v) is 4.55. The van der Waals surface area contributed by atoms with E-state index in [2.05, 4.69) is 16.7 Å². The predicted octanol–water partition coefficient (Wildman–Crippen LogP) is 2.88. The molecule has 2 atom stereocenters. The quantitative estimate of drug-likeness (QED) is 0.610. The van der Waals surface area contributed by atoms with Crippen molar-refractivity contribution in [1.29, 1.82) is 0 Å². The number of carbonyl (C=O) groups excluding carboxylic acids is 2. The first kappa shape index (κ1) is 24.3. The molecular weight excluding hydrogens is 437 g/mol. The summed E-state index contributed by atoms with van der Waals surface area (Å²) in [4.78, 5) is 26.5. The third-order valence-electron chi connectivity index (χ3n) is 6.68. The van der Waals surface area contributed by atoms with Crippen molar-refractivity contribution in [1.82, 2.24) is 15.5 Å². The van der Waals surface area contributed by atoms with Gasteiger partial charge in [0, 0.05) is 44.4 Å². The van der Waals surface area contributed by atoms with Crippen LogP contribution in [0.3, 0.4) is 0 Å². The fourth-order valence-electron chi connectivity index (χ4n) is 4.55. The second kappa shape index (κ2) is 12.0. The molecule has 4 rings (SSSR count). The van der Waals surface area contributed by atoms with Crippen LogP contribution in [0, 0.1) is 17.7 Å². The van der Waals surface area contributed by atoms with Gasteiger partial charge in [-0.3, -0.25) is 9.59 Å². The Balaban J connectivity index is 1.22. The standard InChI is InChI=1S/C26H34FN3O4/c27-23-17-22(5-6-24(23)34-18-19-7-10-28-11-8-19)20-1-3-21(4-2-20)26(32)29-12-9-25(31)30-13-15-33-16-14-30/h1,5-7,10,17,19,21,28H,2-4,8-9,11-16,18H2,(H,29,32). The number of hydrogen-bond donors (Lipinski definition) is 2. The molecule has 1 aromatic rings. The van der Waals surface area contributed by atoms with E-state index in [1.807, 2.05) is 18.3 Å². The Bertz CT molecular complexity index is 927. The van der Waals surface area contributed by atoms with Gasteiger partial charge >= 0.3 is 0 Å². The van der Waals surface area contributed by atoms with Crippen molar-refractivity contribution in [3.8, 4) is 5.75 Å². The molecule has 2 aliphatic heterocycles. The zero-order valence-corrected chi connectivity index (χ0v) is 19.6. The summed E-state index contributed by atoms with van der Waals surface area (Å²) in [7, 11) is 0. The number of ether oxygens (including phenoxy) is 2. The Hall–Kier alpha value is -2.87. The molecule has 0 bridgehead atoms. The van der Waals surface area contributed by atoms with Crippen LogP contribution in [0.1, 0.15) is 37.7 Å². The minimum absolute atomic E-state index is 0.0213. The number of nitrogens with one attached hydrogen (secondary N) is 2. The van der Waals surface area contributed by atoms with Gasteiger partial charge in [0.1, 0.15) is 0 Å². The lowest BCUT2D eigenvalue weighted by Crippen LogP contribution is -2.42. The van der Waals surface area contributed by atoms with E-state index in [4.69, 9.17) is 9.47 Å². The van der Waals surface area contributed by atoms with Crippen LogP contribution in [0.2, 0.25) is 0 Å². The van der Waals surface area contributed by atoms with Crippen LogP contribution in [0.5, 0.6) is 5.75 Å². The number of hydrogen-bond acceptors (Lipinski definition) is 5. The normalized spacial score (nSPS) is 22.5. The number of amides is 2. The first-order chi connectivity index (χ1) is 16.6. The molecule has 7 nitrogen and oxygen atoms in total. The lowest BCUT2D eigenvalue weighted by molar-refractivity contribution is -0.135. The molecule has 34 heavy (non-hydrogen) atoms. The monoisotopic (exact) mass is 471 g/mol. The number of carbonyl (C=O) groups is 2. The average Bonchev–Trinajstić information content (AvgIpc) is 2.89. The Morgan fingerprint density at radius 1 is 1.24 bits per heavy atom. The summed E-state index contributed by atoms with van der Waals surface area (Å²) in [5, 5.41) is 6.05. The highest BCUT2D eigenvalue weighted by Gasteiger charge is 2.23. The van der Waals surface area contributed by atoms with Crippen molar-refractivity contribution < 1.29 is 23.5 Å². The zero-order valence-electron chi connectivity index (χ0n) is 19.6. The number of halogens is 1. The highest BCUT2D eigenvalue weighted by Crippen LogP contribution is 2.32. The van der Waals surface area contributed by atoms with Gasteiger partial charge in [-0.15, -0.1) is 0 Å². The molecule has 0 aromatic heterocycles. The summed E-state index contributed by atoms with van der Waals surface area (Å²) in [6.45, 7) is 4.10. The molecule has 0 saturated carbocycles. The first-order valence-electron chi connectivity index (χ1n) is 12.2. The molecule has 0 spiro atoms. The smallest absolute Gasteiger partial charge is 0.224 e. The number of rotatable bonds is 8. The van der Waals surface area contributed by atoms with Gasteiger partial charge in [-0.25, -0.2) is 4.39 Å². The molecule has 2 heterocycles. The Labute approximate surface area is 200 Å². The van der Waals surface area contributed by atoms with E-state index in [-0.39, 0.29) is 29.3 Å². The summed E-state index contributed by atoms with van der Waals surface area (Å²) in [6.07, 6.45) is 9.31. The highest BCUT2D eigenvalue weighted by atomic mass is 19.1. The summed E-state index contributed by atoms with van der Waals surface area (Å²) in [5.74, 6) is 0.120. The van der Waals surface area contributed by atoms with Gasteiger partial charge in [0.25, 0.3) is 0 Å². The van der Waals surface area contributed by atoms with E-state index < -0.39 is 0 Å². The van der Waals surface area contributed by atoms with Crippen LogP contribution in [-0.2, 0) is 14.3 Å². The molecule has 1 saturated heterocycles. The Morgan fingerprint density at radius 3 is 2.79 bits per heavy atom. The van der Waals surface area contributed by atoms with Crippen molar-refractivity contribution in [3.05, 3.63) is 47.9 Å². The Morgan fingerprint density at radius 2 is 2.09 bits per heavy atom. The summed E-state index contributed by atoms with van der Waals surface area (Å²) in [5.41, 5.74) is 1.89. The van der Waals surface area contributed by atoms with Gasteiger partial charge in [-0.2, -0.15) is 0 Å². The minimum atomic E-state index is -0.360. The van der Waals surface area contributed by atoms with Gasteiger partial charge in [0.15, 0.2) is 11.6 Å². The van der Waals surface area contributed by atoms with E-state index in [0.717, 1.165) is 24.1 Å². The SMILES string of the molecule is O=C(NCCC(=O)N1CCOCC1)C1CC=C(c2ccc(OCC3C=CNCC3)c(F)c2)CC1.